The van der Waals surface area contributed by atoms with E-state index >= 15 is 0 Å². The Morgan fingerprint density at radius 1 is 1.25 bits per heavy atom. The molecule has 0 saturated carbocycles. The second-order valence-electron chi connectivity index (χ2n) is 4.35. The largest absolute Gasteiger partial charge is 0.465 e. The van der Waals surface area contributed by atoms with Gasteiger partial charge in [-0.05, 0) is 13.3 Å². The minimum atomic E-state index is -4.01. The summed E-state index contributed by atoms with van der Waals surface area (Å²) >= 11 is 0. The highest BCUT2D eigenvalue weighted by atomic mass is 32.2. The Bertz CT molecular complexity index is 402. The molecular formula is C12H22O7S. The van der Waals surface area contributed by atoms with Crippen molar-refractivity contribution in [3.63, 3.8) is 0 Å². The van der Waals surface area contributed by atoms with Gasteiger partial charge in [0.1, 0.15) is 12.2 Å². The number of unbranched alkanes of at least 4 members (excludes halogenated alkanes) is 1. The Morgan fingerprint density at radius 3 is 2.45 bits per heavy atom. The first kappa shape index (κ1) is 19.0. The molecule has 7 nitrogen and oxygen atoms in total. The van der Waals surface area contributed by atoms with Crippen LogP contribution in [0, 0.1) is 0 Å². The summed E-state index contributed by atoms with van der Waals surface area (Å²) in [5.74, 6) is -2.32. The third-order valence-corrected chi connectivity index (χ3v) is 3.45. The molecule has 0 saturated heterocycles. The van der Waals surface area contributed by atoms with E-state index in [2.05, 4.69) is 0 Å². The molecule has 118 valence electrons. The molecular weight excluding hydrogens is 288 g/mol. The van der Waals surface area contributed by atoms with Crippen LogP contribution in [-0.4, -0.2) is 52.4 Å². The van der Waals surface area contributed by atoms with Crippen molar-refractivity contribution in [2.45, 2.75) is 39.2 Å². The number of ketones is 1. The lowest BCUT2D eigenvalue weighted by atomic mass is 10.3. The molecule has 0 heterocycles. The van der Waals surface area contributed by atoms with E-state index in [1.54, 1.807) is 0 Å². The van der Waals surface area contributed by atoms with Crippen LogP contribution in [-0.2, 0) is 33.4 Å². The Labute approximate surface area is 119 Å². The molecule has 0 radical (unpaired) electrons. The zero-order valence-corrected chi connectivity index (χ0v) is 12.9. The van der Waals surface area contributed by atoms with Gasteiger partial charge in [0, 0.05) is 7.11 Å². The van der Waals surface area contributed by atoms with E-state index in [0.717, 1.165) is 6.42 Å². The van der Waals surface area contributed by atoms with E-state index in [4.69, 9.17) is 13.7 Å². The van der Waals surface area contributed by atoms with Gasteiger partial charge in [0.15, 0.2) is 5.78 Å². The van der Waals surface area contributed by atoms with Crippen LogP contribution in [0.3, 0.4) is 0 Å². The lowest BCUT2D eigenvalue weighted by Crippen LogP contribution is -2.26. The SMILES string of the molecule is CCCCOC(=O)CC(=O)CS(=O)(=O)OC(C)COC. The summed E-state index contributed by atoms with van der Waals surface area (Å²) in [6, 6.07) is 0. The minimum Gasteiger partial charge on any atom is -0.465 e. The molecule has 0 bridgehead atoms. The third-order valence-electron chi connectivity index (χ3n) is 2.15. The molecule has 8 heteroatoms. The number of rotatable bonds is 11. The number of hydrogen-bond acceptors (Lipinski definition) is 7. The van der Waals surface area contributed by atoms with Gasteiger partial charge in [-0.2, -0.15) is 8.42 Å². The number of ether oxygens (including phenoxy) is 2. The molecule has 1 unspecified atom stereocenters. The lowest BCUT2D eigenvalue weighted by Gasteiger charge is -2.11. The number of Topliss-reactive ketones (excluding diaryl/α,β-unsaturated/α-hetero) is 1. The second kappa shape index (κ2) is 9.84. The van der Waals surface area contributed by atoms with Gasteiger partial charge < -0.3 is 9.47 Å². The van der Waals surface area contributed by atoms with Crippen molar-refractivity contribution in [3.8, 4) is 0 Å². The normalized spacial score (nSPS) is 12.9. The van der Waals surface area contributed by atoms with Crippen LogP contribution in [0.15, 0.2) is 0 Å². The van der Waals surface area contributed by atoms with Crippen molar-refractivity contribution >= 4 is 21.9 Å². The molecule has 0 aliphatic carbocycles. The maximum absolute atomic E-state index is 11.5. The zero-order chi connectivity index (χ0) is 15.6. The lowest BCUT2D eigenvalue weighted by molar-refractivity contribution is -0.145. The minimum absolute atomic E-state index is 0.0898. The Hall–Kier alpha value is -0.990. The molecule has 0 rings (SSSR count). The summed E-state index contributed by atoms with van der Waals surface area (Å²) < 4.78 is 37.2. The topological polar surface area (TPSA) is 96.0 Å². The van der Waals surface area contributed by atoms with Gasteiger partial charge in [-0.1, -0.05) is 13.3 Å². The van der Waals surface area contributed by atoms with E-state index in [1.165, 1.54) is 14.0 Å². The number of carbonyl (C=O) groups excluding carboxylic acids is 2. The van der Waals surface area contributed by atoms with Crippen LogP contribution in [0.5, 0.6) is 0 Å². The molecule has 1 atom stereocenters. The number of methoxy groups -OCH3 is 1. The third kappa shape index (κ3) is 9.88. The van der Waals surface area contributed by atoms with Crippen molar-refractivity contribution in [2.24, 2.45) is 0 Å². The van der Waals surface area contributed by atoms with Gasteiger partial charge in [-0.15, -0.1) is 0 Å². The number of hydrogen-bond donors (Lipinski definition) is 0. The fourth-order valence-electron chi connectivity index (χ4n) is 1.34. The predicted octanol–water partition coefficient (Wildman–Crippen LogP) is 0.670. The fourth-order valence-corrected chi connectivity index (χ4v) is 2.46. The Kier molecular flexibility index (Phi) is 9.35. The molecule has 0 fully saturated rings. The van der Waals surface area contributed by atoms with Gasteiger partial charge in [-0.3, -0.25) is 13.8 Å². The molecule has 0 aromatic carbocycles. The van der Waals surface area contributed by atoms with Crippen molar-refractivity contribution in [3.05, 3.63) is 0 Å². The van der Waals surface area contributed by atoms with Gasteiger partial charge >= 0.3 is 5.97 Å². The van der Waals surface area contributed by atoms with Gasteiger partial charge in [0.05, 0.1) is 19.3 Å². The first-order chi connectivity index (χ1) is 9.30. The molecule has 0 aromatic heterocycles. The van der Waals surface area contributed by atoms with E-state index < -0.39 is 40.1 Å². The van der Waals surface area contributed by atoms with E-state index in [0.29, 0.717) is 6.42 Å². The molecule has 0 aromatic rings. The standard InChI is InChI=1S/C12H22O7S/c1-4-5-6-18-12(14)7-11(13)9-20(15,16)19-10(2)8-17-3/h10H,4-9H2,1-3H3. The zero-order valence-electron chi connectivity index (χ0n) is 12.1. The molecule has 0 aliphatic heterocycles. The Balaban J connectivity index is 4.14. The maximum atomic E-state index is 11.5. The van der Waals surface area contributed by atoms with Crippen LogP contribution in [0.2, 0.25) is 0 Å². The first-order valence-corrected chi connectivity index (χ1v) is 7.95. The quantitative estimate of drug-likeness (QED) is 0.239. The molecule has 0 aliphatic rings. The average Bonchev–Trinajstić information content (AvgIpc) is 2.27. The molecule has 0 N–H and O–H groups in total. The van der Waals surface area contributed by atoms with Crippen LogP contribution in [0.25, 0.3) is 0 Å². The predicted molar refractivity (Wildman–Crippen MR) is 71.7 cm³/mol. The van der Waals surface area contributed by atoms with Gasteiger partial charge in [0.2, 0.25) is 0 Å². The number of carbonyl (C=O) groups is 2. The van der Waals surface area contributed by atoms with E-state index in [9.17, 15) is 18.0 Å². The summed E-state index contributed by atoms with van der Waals surface area (Å²) in [4.78, 5) is 22.7. The maximum Gasteiger partial charge on any atom is 0.313 e. The monoisotopic (exact) mass is 310 g/mol. The summed E-state index contributed by atoms with van der Waals surface area (Å²) in [6.45, 7) is 3.76. The smallest absolute Gasteiger partial charge is 0.313 e. The highest BCUT2D eigenvalue weighted by Crippen LogP contribution is 2.03. The number of esters is 1. The van der Waals surface area contributed by atoms with Gasteiger partial charge in [-0.25, -0.2) is 0 Å². The van der Waals surface area contributed by atoms with Crippen molar-refractivity contribution in [1.29, 1.82) is 0 Å². The van der Waals surface area contributed by atoms with Crippen LogP contribution >= 0.6 is 0 Å². The molecule has 0 spiro atoms. The summed E-state index contributed by atoms with van der Waals surface area (Å²) in [7, 11) is -2.60. The Morgan fingerprint density at radius 2 is 1.90 bits per heavy atom. The van der Waals surface area contributed by atoms with Crippen molar-refractivity contribution < 1.29 is 31.7 Å². The average molecular weight is 310 g/mol. The first-order valence-electron chi connectivity index (χ1n) is 6.38. The highest BCUT2D eigenvalue weighted by molar-refractivity contribution is 7.87. The summed E-state index contributed by atoms with van der Waals surface area (Å²) in [5.41, 5.74) is 0. The van der Waals surface area contributed by atoms with Gasteiger partial charge in [0.25, 0.3) is 10.1 Å². The van der Waals surface area contributed by atoms with Crippen LogP contribution in [0.1, 0.15) is 33.1 Å². The summed E-state index contributed by atoms with van der Waals surface area (Å²) in [6.07, 6.45) is 0.316. The second-order valence-corrected chi connectivity index (χ2v) is 5.95. The van der Waals surface area contributed by atoms with Crippen molar-refractivity contribution in [2.75, 3.05) is 26.1 Å². The molecule has 0 amide bonds. The molecule has 20 heavy (non-hydrogen) atoms. The van der Waals surface area contributed by atoms with Crippen LogP contribution < -0.4 is 0 Å². The van der Waals surface area contributed by atoms with E-state index in [-0.39, 0.29) is 13.2 Å². The highest BCUT2D eigenvalue weighted by Gasteiger charge is 2.22. The van der Waals surface area contributed by atoms with E-state index in [1.807, 2.05) is 6.92 Å². The fraction of sp³-hybridized carbons (Fsp3) is 0.833. The van der Waals surface area contributed by atoms with Crippen molar-refractivity contribution in [1.82, 2.24) is 0 Å². The summed E-state index contributed by atoms with van der Waals surface area (Å²) in [5, 5.41) is 0. The van der Waals surface area contributed by atoms with Crippen LogP contribution in [0.4, 0.5) is 0 Å².